The fraction of sp³-hybridized carbons (Fsp3) is 0.278. The molecule has 0 aliphatic heterocycles. The third kappa shape index (κ3) is 5.13. The fourth-order valence-corrected chi connectivity index (χ4v) is 3.05. The van der Waals surface area contributed by atoms with Crippen molar-refractivity contribution < 1.29 is 9.69 Å². The van der Waals surface area contributed by atoms with E-state index in [4.69, 9.17) is 0 Å². The second-order valence-corrected chi connectivity index (χ2v) is 6.98. The van der Waals surface area contributed by atoms with Gasteiger partial charge < -0.3 is 10.2 Å². The molecule has 2 N–H and O–H groups in total. The standard InChI is InChI=1S/C18H22N2OS/c1-14-9-10-16(22-14)11-12-18(21)19-17(13-20(2)3)15-7-5-4-6-8-15/h4-12,17H,13H2,1-3H3,(H,19,21)/p+1/b12-11+/t17-/m1/s1. The topological polar surface area (TPSA) is 33.5 Å². The van der Waals surface area contributed by atoms with Crippen LogP contribution in [0.4, 0.5) is 0 Å². The van der Waals surface area contributed by atoms with Gasteiger partial charge in [-0.25, -0.2) is 0 Å². The molecule has 2 aromatic rings. The maximum absolute atomic E-state index is 12.2. The zero-order chi connectivity index (χ0) is 15.9. The Bertz CT molecular complexity index is 632. The van der Waals surface area contributed by atoms with E-state index in [0.717, 1.165) is 17.0 Å². The van der Waals surface area contributed by atoms with Gasteiger partial charge in [-0.15, -0.1) is 11.3 Å². The molecule has 0 unspecified atom stereocenters. The number of carbonyl (C=O) groups is 1. The number of nitrogens with one attached hydrogen (secondary N) is 2. The number of aryl methyl sites for hydroxylation is 1. The van der Waals surface area contributed by atoms with E-state index in [-0.39, 0.29) is 11.9 Å². The van der Waals surface area contributed by atoms with Crippen LogP contribution in [-0.4, -0.2) is 26.5 Å². The van der Waals surface area contributed by atoms with E-state index in [1.165, 1.54) is 9.78 Å². The summed E-state index contributed by atoms with van der Waals surface area (Å²) in [5.41, 5.74) is 1.14. The van der Waals surface area contributed by atoms with Crippen LogP contribution in [0.15, 0.2) is 48.5 Å². The van der Waals surface area contributed by atoms with Crippen LogP contribution < -0.4 is 10.2 Å². The molecule has 0 saturated carbocycles. The van der Waals surface area contributed by atoms with E-state index in [1.54, 1.807) is 17.4 Å². The first-order valence-electron chi connectivity index (χ1n) is 7.43. The summed E-state index contributed by atoms with van der Waals surface area (Å²) in [4.78, 5) is 15.8. The van der Waals surface area contributed by atoms with Crippen LogP contribution in [-0.2, 0) is 4.79 Å². The summed E-state index contributed by atoms with van der Waals surface area (Å²) in [6.45, 7) is 2.91. The number of amides is 1. The average Bonchev–Trinajstić information content (AvgIpc) is 2.91. The maximum Gasteiger partial charge on any atom is 0.244 e. The highest BCUT2D eigenvalue weighted by molar-refractivity contribution is 7.12. The summed E-state index contributed by atoms with van der Waals surface area (Å²) in [7, 11) is 4.18. The predicted octanol–water partition coefficient (Wildman–Crippen LogP) is 2.07. The van der Waals surface area contributed by atoms with Crippen LogP contribution in [0.1, 0.15) is 21.4 Å². The van der Waals surface area contributed by atoms with E-state index in [9.17, 15) is 4.79 Å². The first-order valence-corrected chi connectivity index (χ1v) is 8.25. The molecule has 0 radical (unpaired) electrons. The number of quaternary nitrogens is 1. The maximum atomic E-state index is 12.2. The lowest BCUT2D eigenvalue weighted by Gasteiger charge is -2.20. The van der Waals surface area contributed by atoms with Gasteiger partial charge in [-0.3, -0.25) is 4.79 Å². The summed E-state index contributed by atoms with van der Waals surface area (Å²) >= 11 is 1.68. The number of rotatable bonds is 6. The number of thiophene rings is 1. The van der Waals surface area contributed by atoms with Crippen LogP contribution in [0, 0.1) is 6.92 Å². The lowest BCUT2D eigenvalue weighted by molar-refractivity contribution is -0.860. The molecule has 1 amide bonds. The van der Waals surface area contributed by atoms with E-state index >= 15 is 0 Å². The van der Waals surface area contributed by atoms with Crippen molar-refractivity contribution in [2.75, 3.05) is 20.6 Å². The van der Waals surface area contributed by atoms with E-state index < -0.39 is 0 Å². The van der Waals surface area contributed by atoms with Crippen molar-refractivity contribution in [1.29, 1.82) is 0 Å². The van der Waals surface area contributed by atoms with Gasteiger partial charge in [0.2, 0.25) is 5.91 Å². The lowest BCUT2D eigenvalue weighted by Crippen LogP contribution is -3.06. The number of carbonyl (C=O) groups excluding carboxylic acids is 1. The minimum absolute atomic E-state index is 0.0217. The van der Waals surface area contributed by atoms with Crippen molar-refractivity contribution in [3.05, 3.63) is 63.9 Å². The Labute approximate surface area is 136 Å². The quantitative estimate of drug-likeness (QED) is 0.786. The average molecular weight is 315 g/mol. The second kappa shape index (κ2) is 7.92. The lowest BCUT2D eigenvalue weighted by atomic mass is 10.1. The zero-order valence-electron chi connectivity index (χ0n) is 13.3. The normalized spacial score (nSPS) is 12.7. The predicted molar refractivity (Wildman–Crippen MR) is 93.1 cm³/mol. The minimum Gasteiger partial charge on any atom is -0.340 e. The summed E-state index contributed by atoms with van der Waals surface area (Å²) in [6.07, 6.45) is 3.49. The van der Waals surface area contributed by atoms with Gasteiger partial charge in [0, 0.05) is 15.8 Å². The molecule has 1 aromatic heterocycles. The van der Waals surface area contributed by atoms with Gasteiger partial charge in [0.1, 0.15) is 12.6 Å². The van der Waals surface area contributed by atoms with Gasteiger partial charge in [0.05, 0.1) is 14.1 Å². The highest BCUT2D eigenvalue weighted by atomic mass is 32.1. The van der Waals surface area contributed by atoms with Crippen LogP contribution in [0.5, 0.6) is 0 Å². The molecule has 1 heterocycles. The minimum atomic E-state index is -0.0545. The van der Waals surface area contributed by atoms with Crippen molar-refractivity contribution in [3.63, 3.8) is 0 Å². The molecule has 0 spiro atoms. The van der Waals surface area contributed by atoms with Crippen molar-refractivity contribution in [3.8, 4) is 0 Å². The van der Waals surface area contributed by atoms with Crippen LogP contribution in [0.3, 0.4) is 0 Å². The molecular formula is C18H23N2OS+. The third-order valence-electron chi connectivity index (χ3n) is 3.29. The molecule has 0 bridgehead atoms. The van der Waals surface area contributed by atoms with Crippen LogP contribution in [0.25, 0.3) is 6.08 Å². The van der Waals surface area contributed by atoms with Gasteiger partial charge in [-0.1, -0.05) is 30.3 Å². The van der Waals surface area contributed by atoms with Gasteiger partial charge in [-0.2, -0.15) is 0 Å². The Balaban J connectivity index is 2.03. The molecule has 0 saturated heterocycles. The smallest absolute Gasteiger partial charge is 0.244 e. The first kappa shape index (κ1) is 16.5. The molecule has 116 valence electrons. The van der Waals surface area contributed by atoms with Crippen molar-refractivity contribution in [2.24, 2.45) is 0 Å². The monoisotopic (exact) mass is 315 g/mol. The van der Waals surface area contributed by atoms with Crippen molar-refractivity contribution in [2.45, 2.75) is 13.0 Å². The number of hydrogen-bond donors (Lipinski definition) is 2. The molecule has 1 atom stereocenters. The Kier molecular flexibility index (Phi) is 5.92. The molecule has 0 fully saturated rings. The van der Waals surface area contributed by atoms with Gasteiger partial charge in [0.25, 0.3) is 0 Å². The number of benzene rings is 1. The van der Waals surface area contributed by atoms with Crippen LogP contribution in [0.2, 0.25) is 0 Å². The highest BCUT2D eigenvalue weighted by Gasteiger charge is 2.16. The molecule has 3 nitrogen and oxygen atoms in total. The molecule has 4 heteroatoms. The molecule has 0 aliphatic rings. The zero-order valence-corrected chi connectivity index (χ0v) is 14.1. The summed E-state index contributed by atoms with van der Waals surface area (Å²) in [5, 5.41) is 3.10. The summed E-state index contributed by atoms with van der Waals surface area (Å²) in [5.74, 6) is -0.0545. The Morgan fingerprint density at radius 2 is 1.95 bits per heavy atom. The third-order valence-corrected chi connectivity index (χ3v) is 4.26. The molecule has 22 heavy (non-hydrogen) atoms. The van der Waals surface area contributed by atoms with Crippen molar-refractivity contribution in [1.82, 2.24) is 5.32 Å². The number of hydrogen-bond acceptors (Lipinski definition) is 2. The van der Waals surface area contributed by atoms with E-state index in [2.05, 4.69) is 44.5 Å². The van der Waals surface area contributed by atoms with E-state index in [1.807, 2.05) is 30.3 Å². The Morgan fingerprint density at radius 1 is 1.23 bits per heavy atom. The number of likely N-dealkylation sites (N-methyl/N-ethyl adjacent to an activating group) is 1. The molecular weight excluding hydrogens is 292 g/mol. The largest absolute Gasteiger partial charge is 0.340 e. The van der Waals surface area contributed by atoms with Gasteiger partial charge >= 0.3 is 0 Å². The van der Waals surface area contributed by atoms with Crippen LogP contribution >= 0.6 is 11.3 Å². The summed E-state index contributed by atoms with van der Waals surface area (Å²) < 4.78 is 0. The Morgan fingerprint density at radius 3 is 2.55 bits per heavy atom. The fourth-order valence-electron chi connectivity index (χ4n) is 2.27. The Hall–Kier alpha value is -1.91. The SMILES string of the molecule is Cc1ccc(/C=C/C(=O)N[C@H](C[NH+](C)C)c2ccccc2)s1. The molecule has 2 rings (SSSR count). The first-order chi connectivity index (χ1) is 10.5. The van der Waals surface area contributed by atoms with Gasteiger partial charge in [-0.05, 0) is 30.7 Å². The molecule has 0 aliphatic carbocycles. The van der Waals surface area contributed by atoms with E-state index in [0.29, 0.717) is 0 Å². The highest BCUT2D eigenvalue weighted by Crippen LogP contribution is 2.16. The summed E-state index contributed by atoms with van der Waals surface area (Å²) in [6, 6.07) is 14.2. The van der Waals surface area contributed by atoms with Gasteiger partial charge in [0.15, 0.2) is 0 Å². The molecule has 1 aromatic carbocycles. The van der Waals surface area contributed by atoms with Crippen molar-refractivity contribution >= 4 is 23.3 Å². The second-order valence-electron chi connectivity index (χ2n) is 5.66.